The molecular formula is C32H34O6. The van der Waals surface area contributed by atoms with Crippen LogP contribution in [0.1, 0.15) is 46.9 Å². The molecule has 4 rings (SSSR count). The van der Waals surface area contributed by atoms with E-state index < -0.39 is 5.92 Å². The van der Waals surface area contributed by atoms with Crippen LogP contribution in [0.5, 0.6) is 23.0 Å². The summed E-state index contributed by atoms with van der Waals surface area (Å²) in [4.78, 5) is 27.1. The van der Waals surface area contributed by atoms with Gasteiger partial charge in [0, 0.05) is 12.3 Å². The second kappa shape index (κ2) is 12.0. The number of carbonyl (C=O) groups excluding carboxylic acids is 2. The van der Waals surface area contributed by atoms with Gasteiger partial charge < -0.3 is 18.9 Å². The van der Waals surface area contributed by atoms with Crippen molar-refractivity contribution in [3.63, 3.8) is 0 Å². The molecular weight excluding hydrogens is 480 g/mol. The zero-order chi connectivity index (χ0) is 27.2. The summed E-state index contributed by atoms with van der Waals surface area (Å²) in [5.74, 6) is 1.19. The van der Waals surface area contributed by atoms with Crippen LogP contribution in [0.4, 0.5) is 0 Å². The Balaban J connectivity index is 1.64. The zero-order valence-electron chi connectivity index (χ0n) is 22.5. The first kappa shape index (κ1) is 27.0. The summed E-state index contributed by atoms with van der Waals surface area (Å²) in [6.45, 7) is 2.02. The van der Waals surface area contributed by atoms with E-state index in [2.05, 4.69) is 0 Å². The van der Waals surface area contributed by atoms with Crippen LogP contribution in [-0.2, 0) is 9.59 Å². The van der Waals surface area contributed by atoms with Gasteiger partial charge in [-0.2, -0.15) is 0 Å². The van der Waals surface area contributed by atoms with Crippen molar-refractivity contribution >= 4 is 17.6 Å². The third kappa shape index (κ3) is 5.75. The lowest BCUT2D eigenvalue weighted by atomic mass is 9.67. The summed E-state index contributed by atoms with van der Waals surface area (Å²) in [5, 5.41) is 0. The van der Waals surface area contributed by atoms with Crippen LogP contribution in [0, 0.1) is 12.8 Å². The van der Waals surface area contributed by atoms with E-state index in [4.69, 9.17) is 18.9 Å². The number of Topliss-reactive ketones (excluding diaryl/α,β-unsaturated/α-hetero) is 1. The van der Waals surface area contributed by atoms with Crippen LogP contribution in [0.2, 0.25) is 0 Å². The van der Waals surface area contributed by atoms with Gasteiger partial charge in [0.1, 0.15) is 5.78 Å². The fourth-order valence-corrected chi connectivity index (χ4v) is 5.22. The lowest BCUT2D eigenvalue weighted by molar-refractivity contribution is -0.133. The van der Waals surface area contributed by atoms with Gasteiger partial charge in [-0.25, -0.2) is 0 Å². The molecule has 0 N–H and O–H groups in total. The van der Waals surface area contributed by atoms with Crippen molar-refractivity contribution in [1.82, 2.24) is 0 Å². The van der Waals surface area contributed by atoms with Crippen molar-refractivity contribution in [2.45, 2.75) is 31.6 Å². The van der Waals surface area contributed by atoms with E-state index in [1.54, 1.807) is 46.6 Å². The highest BCUT2D eigenvalue weighted by Gasteiger charge is 2.41. The van der Waals surface area contributed by atoms with Gasteiger partial charge in [0.2, 0.25) is 0 Å². The molecule has 0 saturated heterocycles. The second-order valence-corrected chi connectivity index (χ2v) is 9.56. The van der Waals surface area contributed by atoms with Gasteiger partial charge in [-0.1, -0.05) is 48.0 Å². The number of carbonyl (C=O) groups is 2. The molecule has 6 heteroatoms. The Labute approximate surface area is 224 Å². The van der Waals surface area contributed by atoms with Gasteiger partial charge in [0.05, 0.1) is 34.4 Å². The van der Waals surface area contributed by atoms with Crippen LogP contribution < -0.4 is 18.9 Å². The van der Waals surface area contributed by atoms with Crippen LogP contribution >= 0.6 is 0 Å². The Morgan fingerprint density at radius 3 is 1.97 bits per heavy atom. The van der Waals surface area contributed by atoms with Crippen molar-refractivity contribution in [3.8, 4) is 23.0 Å². The SMILES string of the molecule is COc1ccc(/C=C/C(=O)C2C(=O)C[C@H](c3ccc(OC)c(OC)c3)C[C@H]2c2ccc(C)cc2)cc1OC. The summed E-state index contributed by atoms with van der Waals surface area (Å²) in [6.07, 6.45) is 4.20. The minimum absolute atomic E-state index is 0.0347. The Kier molecular flexibility index (Phi) is 8.52. The number of hydrogen-bond donors (Lipinski definition) is 0. The third-order valence-corrected chi connectivity index (χ3v) is 7.27. The summed E-state index contributed by atoms with van der Waals surface area (Å²) in [6, 6.07) is 19.3. The van der Waals surface area contributed by atoms with Crippen LogP contribution in [0.3, 0.4) is 0 Å². The summed E-state index contributed by atoms with van der Waals surface area (Å²) in [7, 11) is 6.34. The molecule has 198 valence electrons. The fourth-order valence-electron chi connectivity index (χ4n) is 5.22. The van der Waals surface area contributed by atoms with E-state index in [0.29, 0.717) is 35.8 Å². The van der Waals surface area contributed by atoms with Gasteiger partial charge in [-0.15, -0.1) is 0 Å². The van der Waals surface area contributed by atoms with Crippen LogP contribution in [-0.4, -0.2) is 40.0 Å². The molecule has 38 heavy (non-hydrogen) atoms. The van der Waals surface area contributed by atoms with Gasteiger partial charge in [0.25, 0.3) is 0 Å². The Morgan fingerprint density at radius 2 is 1.34 bits per heavy atom. The van der Waals surface area contributed by atoms with Crippen LogP contribution in [0.25, 0.3) is 6.08 Å². The number of hydrogen-bond acceptors (Lipinski definition) is 6. The topological polar surface area (TPSA) is 71.1 Å². The van der Waals surface area contributed by atoms with Gasteiger partial charge in [-0.3, -0.25) is 9.59 Å². The first-order valence-electron chi connectivity index (χ1n) is 12.6. The highest BCUT2D eigenvalue weighted by atomic mass is 16.5. The molecule has 0 amide bonds. The molecule has 1 unspecified atom stereocenters. The van der Waals surface area contributed by atoms with Crippen molar-refractivity contribution in [3.05, 3.63) is 89.0 Å². The van der Waals surface area contributed by atoms with Gasteiger partial charge in [-0.05, 0) is 66.3 Å². The molecule has 3 atom stereocenters. The van der Waals surface area contributed by atoms with E-state index in [0.717, 1.165) is 22.3 Å². The molecule has 3 aromatic carbocycles. The van der Waals surface area contributed by atoms with Crippen molar-refractivity contribution < 1.29 is 28.5 Å². The minimum atomic E-state index is -0.745. The van der Waals surface area contributed by atoms with E-state index in [1.807, 2.05) is 55.5 Å². The maximum atomic E-state index is 13.6. The summed E-state index contributed by atoms with van der Waals surface area (Å²) < 4.78 is 21.5. The second-order valence-electron chi connectivity index (χ2n) is 9.56. The zero-order valence-corrected chi connectivity index (χ0v) is 22.5. The molecule has 0 heterocycles. The van der Waals surface area contributed by atoms with Crippen LogP contribution in [0.15, 0.2) is 66.7 Å². The maximum absolute atomic E-state index is 13.6. The predicted octanol–water partition coefficient (Wildman–Crippen LogP) is 6.16. The minimum Gasteiger partial charge on any atom is -0.493 e. The first-order valence-corrected chi connectivity index (χ1v) is 12.6. The molecule has 0 bridgehead atoms. The standard InChI is InChI=1S/C32H34O6/c1-20-6-10-22(11-7-20)25-17-24(23-12-15-29(36-3)31(19-23)38-5)18-27(34)32(25)26(33)13-8-21-9-14-28(35-2)30(16-21)37-4/h6-16,19,24-25,32H,17-18H2,1-5H3/b13-8+/t24-,25+,32?/m1/s1. The molecule has 1 saturated carbocycles. The van der Waals surface area contributed by atoms with E-state index in [9.17, 15) is 9.59 Å². The maximum Gasteiger partial charge on any atom is 0.166 e. The predicted molar refractivity (Wildman–Crippen MR) is 148 cm³/mol. The smallest absolute Gasteiger partial charge is 0.166 e. The molecule has 1 aliphatic carbocycles. The molecule has 6 nitrogen and oxygen atoms in total. The molecule has 1 fully saturated rings. The first-order chi connectivity index (χ1) is 18.4. The number of aryl methyl sites for hydroxylation is 1. The summed E-state index contributed by atoms with van der Waals surface area (Å²) >= 11 is 0. The van der Waals surface area contributed by atoms with E-state index in [1.165, 1.54) is 6.08 Å². The number of allylic oxidation sites excluding steroid dienone is 1. The van der Waals surface area contributed by atoms with Crippen molar-refractivity contribution in [2.75, 3.05) is 28.4 Å². The molecule has 1 aliphatic rings. The molecule has 0 radical (unpaired) electrons. The van der Waals surface area contributed by atoms with E-state index in [-0.39, 0.29) is 23.4 Å². The number of methoxy groups -OCH3 is 4. The molecule has 0 aromatic heterocycles. The largest absolute Gasteiger partial charge is 0.493 e. The quantitative estimate of drug-likeness (QED) is 0.252. The third-order valence-electron chi connectivity index (χ3n) is 7.27. The fraction of sp³-hybridized carbons (Fsp3) is 0.312. The average Bonchev–Trinajstić information content (AvgIpc) is 2.95. The Hall–Kier alpha value is -4.06. The monoisotopic (exact) mass is 514 g/mol. The molecule has 3 aromatic rings. The Morgan fingerprint density at radius 1 is 0.763 bits per heavy atom. The normalized spacial score (nSPS) is 19.3. The summed E-state index contributed by atoms with van der Waals surface area (Å²) in [5.41, 5.74) is 3.91. The number of ketones is 2. The van der Waals surface area contributed by atoms with E-state index >= 15 is 0 Å². The highest BCUT2D eigenvalue weighted by molar-refractivity contribution is 6.10. The van der Waals surface area contributed by atoms with Gasteiger partial charge >= 0.3 is 0 Å². The number of benzene rings is 3. The molecule has 0 aliphatic heterocycles. The average molecular weight is 515 g/mol. The highest BCUT2D eigenvalue weighted by Crippen LogP contribution is 2.45. The molecule has 0 spiro atoms. The number of ether oxygens (including phenoxy) is 4. The Bertz CT molecular complexity index is 1320. The van der Waals surface area contributed by atoms with Crippen molar-refractivity contribution in [2.24, 2.45) is 5.92 Å². The van der Waals surface area contributed by atoms with Gasteiger partial charge in [0.15, 0.2) is 28.8 Å². The lowest BCUT2D eigenvalue weighted by Crippen LogP contribution is -2.35. The number of rotatable bonds is 9. The van der Waals surface area contributed by atoms with Crippen molar-refractivity contribution in [1.29, 1.82) is 0 Å². The lowest BCUT2D eigenvalue weighted by Gasteiger charge is -2.34.